The molecule has 6 heteroatoms. The van der Waals surface area contributed by atoms with Crippen LogP contribution in [0.4, 0.5) is 10.1 Å². The van der Waals surface area contributed by atoms with E-state index >= 15 is 0 Å². The molecule has 3 N–H and O–H groups in total. The maximum atomic E-state index is 13.5. The Kier molecular flexibility index (Phi) is 8.18. The lowest BCUT2D eigenvalue weighted by Crippen LogP contribution is -2.34. The first kappa shape index (κ1) is 25.6. The molecule has 1 heterocycles. The molecule has 1 unspecified atom stereocenters. The van der Waals surface area contributed by atoms with Crippen molar-refractivity contribution < 1.29 is 4.39 Å². The van der Waals surface area contributed by atoms with Crippen LogP contribution in [0.5, 0.6) is 0 Å². The van der Waals surface area contributed by atoms with Crippen LogP contribution in [0.2, 0.25) is 0 Å². The summed E-state index contributed by atoms with van der Waals surface area (Å²) in [5, 5.41) is 11.7. The number of hydrogen-bond donors (Lipinski definition) is 4. The van der Waals surface area contributed by atoms with Crippen molar-refractivity contribution in [1.29, 1.82) is 5.41 Å². The van der Waals surface area contributed by atoms with Gasteiger partial charge in [0.1, 0.15) is 5.82 Å². The van der Waals surface area contributed by atoms with Gasteiger partial charge in [0.05, 0.1) is 5.69 Å². The van der Waals surface area contributed by atoms with E-state index in [1.54, 1.807) is 18.3 Å². The largest absolute Gasteiger partial charge is 0.355 e. The molecule has 0 spiro atoms. The summed E-state index contributed by atoms with van der Waals surface area (Å²) in [6.07, 6.45) is 7.38. The molecule has 0 bridgehead atoms. The number of allylic oxidation sites excluding steroid dienone is 3. The van der Waals surface area contributed by atoms with Crippen LogP contribution in [-0.2, 0) is 6.42 Å². The number of halogens is 1. The second kappa shape index (κ2) is 11.5. The fraction of sp³-hybridized carbons (Fsp3) is 0.200. The molecule has 0 aliphatic heterocycles. The third kappa shape index (κ3) is 5.50. The number of hydrogen-bond acceptors (Lipinski definition) is 5. The van der Waals surface area contributed by atoms with Crippen LogP contribution >= 0.6 is 12.8 Å². The molecule has 4 rings (SSSR count). The van der Waals surface area contributed by atoms with Gasteiger partial charge in [0, 0.05) is 35.8 Å². The number of pyridine rings is 1. The van der Waals surface area contributed by atoms with Crippen molar-refractivity contribution in [3.8, 4) is 0 Å². The summed E-state index contributed by atoms with van der Waals surface area (Å²) in [6.45, 7) is 7.39. The molecule has 0 fully saturated rings. The zero-order chi connectivity index (χ0) is 25.5. The summed E-state index contributed by atoms with van der Waals surface area (Å²) in [5.41, 5.74) is 7.37. The van der Waals surface area contributed by atoms with Crippen molar-refractivity contribution in [1.82, 2.24) is 9.71 Å². The van der Waals surface area contributed by atoms with Gasteiger partial charge >= 0.3 is 0 Å². The summed E-state index contributed by atoms with van der Waals surface area (Å²) in [5.74, 6) is -0.287. The van der Waals surface area contributed by atoms with Crippen LogP contribution in [0, 0.1) is 23.6 Å². The summed E-state index contributed by atoms with van der Waals surface area (Å²) >= 11 is 4.25. The lowest BCUT2D eigenvalue weighted by Gasteiger charge is -2.42. The van der Waals surface area contributed by atoms with Crippen molar-refractivity contribution in [2.75, 3.05) is 11.9 Å². The van der Waals surface area contributed by atoms with Crippen LogP contribution in [0.15, 0.2) is 102 Å². The fourth-order valence-corrected chi connectivity index (χ4v) is 4.99. The van der Waals surface area contributed by atoms with Gasteiger partial charge in [-0.05, 0) is 90.9 Å². The number of aryl methyl sites for hydroxylation is 1. The van der Waals surface area contributed by atoms with Crippen LogP contribution in [0.1, 0.15) is 29.7 Å². The number of rotatable bonds is 10. The summed E-state index contributed by atoms with van der Waals surface area (Å²) in [6, 6.07) is 20.5. The predicted octanol–water partition coefficient (Wildman–Crippen LogP) is 6.94. The average molecular weight is 499 g/mol. The Labute approximate surface area is 218 Å². The summed E-state index contributed by atoms with van der Waals surface area (Å²) < 4.78 is 16.5. The van der Waals surface area contributed by atoms with E-state index in [2.05, 4.69) is 71.7 Å². The van der Waals surface area contributed by atoms with Gasteiger partial charge in [-0.2, -0.15) is 0 Å². The quantitative estimate of drug-likeness (QED) is 0.181. The molecule has 0 radical (unpaired) electrons. The SMILES string of the molecule is C=C(c1ccccn1)C1(Cc2ccccc2C)CC(C=N)=C(Nc2ccc(F)cc2)C=C1CCNS. The van der Waals surface area contributed by atoms with Gasteiger partial charge in [-0.1, -0.05) is 55.3 Å². The lowest BCUT2D eigenvalue weighted by molar-refractivity contribution is 0.450. The highest BCUT2D eigenvalue weighted by Gasteiger charge is 2.41. The molecule has 4 nitrogen and oxygen atoms in total. The monoisotopic (exact) mass is 498 g/mol. The van der Waals surface area contributed by atoms with Crippen molar-refractivity contribution in [2.45, 2.75) is 26.2 Å². The smallest absolute Gasteiger partial charge is 0.123 e. The number of aromatic nitrogens is 1. The highest BCUT2D eigenvalue weighted by atomic mass is 32.1. The number of nitrogens with one attached hydrogen (secondary N) is 3. The number of thiol groups is 1. The molecule has 36 heavy (non-hydrogen) atoms. The number of anilines is 1. The zero-order valence-corrected chi connectivity index (χ0v) is 21.3. The van der Waals surface area contributed by atoms with Crippen molar-refractivity contribution in [3.05, 3.63) is 125 Å². The Balaban J connectivity index is 1.85. The van der Waals surface area contributed by atoms with E-state index in [-0.39, 0.29) is 5.82 Å². The highest BCUT2D eigenvalue weighted by Crippen LogP contribution is 2.51. The molecule has 0 saturated carbocycles. The van der Waals surface area contributed by atoms with Crippen molar-refractivity contribution >= 4 is 30.3 Å². The van der Waals surface area contributed by atoms with Crippen LogP contribution in [0.3, 0.4) is 0 Å². The standard InChI is InChI=1S/C30H31FN4S/c1-21-7-3-4-8-23(21)18-30(22(2)28-9-5-6-15-33-28)19-24(20-32)29(17-25(30)14-16-34-36)35-27-12-10-26(31)11-13-27/h3-13,15,17,20,32,34-36H,2,14,16,18-19H2,1H3. The van der Waals surface area contributed by atoms with Crippen LogP contribution < -0.4 is 10.0 Å². The van der Waals surface area contributed by atoms with E-state index in [9.17, 15) is 4.39 Å². The summed E-state index contributed by atoms with van der Waals surface area (Å²) in [4.78, 5) is 4.64. The molecule has 0 saturated heterocycles. The molecule has 2 aromatic carbocycles. The Morgan fingerprint density at radius 3 is 2.56 bits per heavy atom. The highest BCUT2D eigenvalue weighted by molar-refractivity contribution is 7.78. The van der Waals surface area contributed by atoms with Crippen molar-refractivity contribution in [2.24, 2.45) is 5.41 Å². The number of nitrogens with zero attached hydrogens (tertiary/aromatic N) is 1. The van der Waals surface area contributed by atoms with Gasteiger partial charge in [0.25, 0.3) is 0 Å². The van der Waals surface area contributed by atoms with Gasteiger partial charge in [-0.15, -0.1) is 0 Å². The minimum Gasteiger partial charge on any atom is -0.355 e. The second-order valence-electron chi connectivity index (χ2n) is 9.10. The summed E-state index contributed by atoms with van der Waals surface area (Å²) in [7, 11) is 0. The van der Waals surface area contributed by atoms with Crippen molar-refractivity contribution in [3.63, 3.8) is 0 Å². The molecule has 1 aliphatic carbocycles. The maximum Gasteiger partial charge on any atom is 0.123 e. The van der Waals surface area contributed by atoms with Gasteiger partial charge in [0.15, 0.2) is 0 Å². The van der Waals surface area contributed by atoms with Crippen LogP contribution in [0.25, 0.3) is 5.57 Å². The van der Waals surface area contributed by atoms with E-state index in [1.165, 1.54) is 35.0 Å². The maximum absolute atomic E-state index is 13.5. The molecular weight excluding hydrogens is 467 g/mol. The van der Waals surface area contributed by atoms with E-state index in [0.29, 0.717) is 13.0 Å². The fourth-order valence-electron chi connectivity index (χ4n) is 4.88. The molecule has 1 aromatic heterocycles. The minimum atomic E-state index is -0.480. The Morgan fingerprint density at radius 1 is 1.14 bits per heavy atom. The average Bonchev–Trinajstić information content (AvgIpc) is 2.91. The third-order valence-corrected chi connectivity index (χ3v) is 7.10. The Bertz CT molecular complexity index is 1300. The third-order valence-electron chi connectivity index (χ3n) is 6.88. The van der Waals surface area contributed by atoms with E-state index in [1.807, 2.05) is 18.2 Å². The van der Waals surface area contributed by atoms with Gasteiger partial charge in [0.2, 0.25) is 0 Å². The van der Waals surface area contributed by atoms with Gasteiger partial charge in [-0.25, -0.2) is 4.39 Å². The minimum absolute atomic E-state index is 0.287. The second-order valence-corrected chi connectivity index (χ2v) is 9.41. The lowest BCUT2D eigenvalue weighted by atomic mass is 9.62. The molecule has 184 valence electrons. The van der Waals surface area contributed by atoms with Gasteiger partial charge < -0.3 is 10.7 Å². The molecular formula is C30H31FN4S. The number of benzene rings is 2. The van der Waals surface area contributed by atoms with E-state index in [0.717, 1.165) is 41.1 Å². The molecule has 1 atom stereocenters. The van der Waals surface area contributed by atoms with Gasteiger partial charge in [-0.3, -0.25) is 9.71 Å². The first-order valence-electron chi connectivity index (χ1n) is 12.0. The predicted molar refractivity (Wildman–Crippen MR) is 151 cm³/mol. The Hall–Kier alpha value is -3.48. The topological polar surface area (TPSA) is 60.8 Å². The molecule has 3 aromatic rings. The zero-order valence-electron chi connectivity index (χ0n) is 20.4. The molecule has 1 aliphatic rings. The Morgan fingerprint density at radius 2 is 1.89 bits per heavy atom. The molecule has 0 amide bonds. The first-order chi connectivity index (χ1) is 17.5. The van der Waals surface area contributed by atoms with Crippen LogP contribution in [-0.4, -0.2) is 17.7 Å². The normalized spacial score (nSPS) is 17.5. The first-order valence-corrected chi connectivity index (χ1v) is 12.4. The van der Waals surface area contributed by atoms with E-state index in [4.69, 9.17) is 5.41 Å². The van der Waals surface area contributed by atoms with E-state index < -0.39 is 5.41 Å².